The number of nitrogens with one attached hydrogen (secondary N) is 1. The van der Waals surface area contributed by atoms with Crippen LogP contribution in [0.25, 0.3) is 0 Å². The molecule has 1 fully saturated rings. The molecule has 1 N–H and O–H groups in total. The van der Waals surface area contributed by atoms with Crippen LogP contribution in [0.3, 0.4) is 0 Å². The number of aromatic nitrogens is 2. The summed E-state index contributed by atoms with van der Waals surface area (Å²) in [7, 11) is 5.33. The topological polar surface area (TPSA) is 59.3 Å². The van der Waals surface area contributed by atoms with Gasteiger partial charge in [0.25, 0.3) is 5.56 Å². The summed E-state index contributed by atoms with van der Waals surface area (Å²) in [5.41, 5.74) is 0.136. The number of aryl methyl sites for hydroxylation is 1. The molecule has 20 heavy (non-hydrogen) atoms. The molecule has 2 rings (SSSR count). The summed E-state index contributed by atoms with van der Waals surface area (Å²) in [6.07, 6.45) is 5.38. The van der Waals surface area contributed by atoms with E-state index in [9.17, 15) is 9.59 Å². The van der Waals surface area contributed by atoms with Crippen molar-refractivity contribution in [2.45, 2.75) is 31.8 Å². The molecule has 1 unspecified atom stereocenters. The molecule has 0 saturated carbocycles. The van der Waals surface area contributed by atoms with Gasteiger partial charge >= 0.3 is 5.69 Å². The van der Waals surface area contributed by atoms with E-state index in [1.165, 1.54) is 30.9 Å². The molecule has 0 radical (unpaired) electrons. The van der Waals surface area contributed by atoms with Gasteiger partial charge in [0.15, 0.2) is 0 Å². The van der Waals surface area contributed by atoms with Gasteiger partial charge in [0.1, 0.15) is 0 Å². The minimum absolute atomic E-state index is 0.211. The lowest BCUT2D eigenvalue weighted by molar-refractivity contribution is 0.181. The molecule has 6 nitrogen and oxygen atoms in total. The van der Waals surface area contributed by atoms with Crippen LogP contribution in [0.2, 0.25) is 0 Å². The summed E-state index contributed by atoms with van der Waals surface area (Å²) in [5.74, 6) is 0. The number of likely N-dealkylation sites (N-methyl/N-ethyl adjacent to an activating group) is 1. The number of rotatable bonds is 4. The predicted molar refractivity (Wildman–Crippen MR) is 78.9 cm³/mol. The molecule has 6 heteroatoms. The summed E-state index contributed by atoms with van der Waals surface area (Å²) >= 11 is 0. The molecule has 0 amide bonds. The van der Waals surface area contributed by atoms with Gasteiger partial charge in [-0.05, 0) is 26.4 Å². The fourth-order valence-corrected chi connectivity index (χ4v) is 2.78. The van der Waals surface area contributed by atoms with E-state index in [4.69, 9.17) is 0 Å². The van der Waals surface area contributed by atoms with Crippen molar-refractivity contribution >= 4 is 0 Å². The van der Waals surface area contributed by atoms with Crippen molar-refractivity contribution < 1.29 is 0 Å². The third kappa shape index (κ3) is 3.19. The molecular weight excluding hydrogens is 256 g/mol. The molecule has 2 heterocycles. The van der Waals surface area contributed by atoms with E-state index in [0.717, 1.165) is 17.7 Å². The van der Waals surface area contributed by atoms with Gasteiger partial charge in [-0.3, -0.25) is 9.36 Å². The lowest BCUT2D eigenvalue weighted by Crippen LogP contribution is -2.44. The molecule has 0 aliphatic carbocycles. The summed E-state index contributed by atoms with van der Waals surface area (Å²) < 4.78 is 2.61. The van der Waals surface area contributed by atoms with Crippen molar-refractivity contribution in [1.29, 1.82) is 0 Å². The van der Waals surface area contributed by atoms with Crippen LogP contribution in [0.5, 0.6) is 0 Å². The monoisotopic (exact) mass is 280 g/mol. The molecule has 1 aromatic rings. The molecule has 1 aromatic heterocycles. The Morgan fingerprint density at radius 2 is 2.00 bits per heavy atom. The zero-order chi connectivity index (χ0) is 14.7. The van der Waals surface area contributed by atoms with Gasteiger partial charge in [0, 0.05) is 45.0 Å². The Hall–Kier alpha value is -1.40. The molecule has 0 bridgehead atoms. The van der Waals surface area contributed by atoms with E-state index in [1.54, 1.807) is 13.2 Å². The fourth-order valence-electron chi connectivity index (χ4n) is 2.78. The second kappa shape index (κ2) is 6.37. The van der Waals surface area contributed by atoms with E-state index >= 15 is 0 Å². The van der Waals surface area contributed by atoms with Crippen LogP contribution in [0, 0.1) is 0 Å². The highest BCUT2D eigenvalue weighted by atomic mass is 16.2. The zero-order valence-corrected chi connectivity index (χ0v) is 12.6. The van der Waals surface area contributed by atoms with Gasteiger partial charge < -0.3 is 14.8 Å². The van der Waals surface area contributed by atoms with Crippen LogP contribution in [-0.4, -0.2) is 40.2 Å². The maximum absolute atomic E-state index is 12.0. The minimum Gasteiger partial charge on any atom is -0.311 e. The predicted octanol–water partition coefficient (Wildman–Crippen LogP) is -0.342. The molecule has 1 aliphatic rings. The van der Waals surface area contributed by atoms with E-state index < -0.39 is 0 Å². The first-order valence-electron chi connectivity index (χ1n) is 7.17. The number of nitrogens with zero attached hydrogens (tertiary/aromatic N) is 3. The summed E-state index contributed by atoms with van der Waals surface area (Å²) in [6.45, 7) is 2.53. The van der Waals surface area contributed by atoms with Crippen LogP contribution < -0.4 is 16.6 Å². The lowest BCUT2D eigenvalue weighted by Gasteiger charge is -2.32. The average Bonchev–Trinajstić information content (AvgIpc) is 2.44. The van der Waals surface area contributed by atoms with Crippen LogP contribution in [-0.2, 0) is 20.6 Å². The number of piperidine rings is 1. The molecule has 112 valence electrons. The second-order valence-corrected chi connectivity index (χ2v) is 5.67. The number of hydrogen-bond acceptors (Lipinski definition) is 4. The van der Waals surface area contributed by atoms with Crippen molar-refractivity contribution in [2.24, 2.45) is 14.1 Å². The standard InChI is InChI=1S/C14H24N4O2/c1-16-7-5-4-6-12(16)9-15-8-11-10-17(2)14(20)18(3)13(11)19/h10,12,15H,4-9H2,1-3H3. The molecule has 0 aromatic carbocycles. The van der Waals surface area contributed by atoms with Crippen LogP contribution in [0.1, 0.15) is 24.8 Å². The smallest absolute Gasteiger partial charge is 0.311 e. The van der Waals surface area contributed by atoms with E-state index in [-0.39, 0.29) is 11.2 Å². The first-order valence-corrected chi connectivity index (χ1v) is 7.17. The van der Waals surface area contributed by atoms with Gasteiger partial charge in [0.2, 0.25) is 0 Å². The zero-order valence-electron chi connectivity index (χ0n) is 12.6. The number of hydrogen-bond donors (Lipinski definition) is 1. The van der Waals surface area contributed by atoms with Crippen LogP contribution in [0.4, 0.5) is 0 Å². The molecule has 1 aliphatic heterocycles. The largest absolute Gasteiger partial charge is 0.330 e. The Balaban J connectivity index is 1.98. The van der Waals surface area contributed by atoms with E-state index in [2.05, 4.69) is 17.3 Å². The quantitative estimate of drug-likeness (QED) is 0.819. The molecule has 1 saturated heterocycles. The van der Waals surface area contributed by atoms with Crippen LogP contribution >= 0.6 is 0 Å². The van der Waals surface area contributed by atoms with Crippen molar-refractivity contribution in [3.05, 3.63) is 32.6 Å². The second-order valence-electron chi connectivity index (χ2n) is 5.67. The highest BCUT2D eigenvalue weighted by Gasteiger charge is 2.18. The normalized spacial score (nSPS) is 20.2. The SMILES string of the molecule is CN1CCCCC1CNCc1cn(C)c(=O)n(C)c1=O. The highest BCUT2D eigenvalue weighted by molar-refractivity contribution is 5.05. The lowest BCUT2D eigenvalue weighted by atomic mass is 10.0. The van der Waals surface area contributed by atoms with Gasteiger partial charge in [0.05, 0.1) is 0 Å². The first-order chi connectivity index (χ1) is 9.50. The maximum Gasteiger partial charge on any atom is 0.330 e. The summed E-state index contributed by atoms with van der Waals surface area (Å²) in [6, 6.07) is 0.542. The van der Waals surface area contributed by atoms with Gasteiger partial charge in [-0.15, -0.1) is 0 Å². The summed E-state index contributed by atoms with van der Waals surface area (Å²) in [4.78, 5) is 26.0. The Morgan fingerprint density at radius 1 is 1.25 bits per heavy atom. The third-order valence-electron chi connectivity index (χ3n) is 4.13. The molecular formula is C14H24N4O2. The Morgan fingerprint density at radius 3 is 2.70 bits per heavy atom. The van der Waals surface area contributed by atoms with Gasteiger partial charge in [-0.2, -0.15) is 0 Å². The Bertz CT molecular complexity index is 576. The van der Waals surface area contributed by atoms with Crippen LogP contribution in [0.15, 0.2) is 15.8 Å². The van der Waals surface area contributed by atoms with E-state index in [0.29, 0.717) is 18.2 Å². The van der Waals surface area contributed by atoms with E-state index in [1.807, 2.05) is 0 Å². The van der Waals surface area contributed by atoms with Gasteiger partial charge in [-0.25, -0.2) is 4.79 Å². The highest BCUT2D eigenvalue weighted by Crippen LogP contribution is 2.13. The van der Waals surface area contributed by atoms with Crippen molar-refractivity contribution in [3.63, 3.8) is 0 Å². The number of likely N-dealkylation sites (tertiary alicyclic amines) is 1. The Labute approximate surface area is 119 Å². The average molecular weight is 280 g/mol. The molecule has 0 spiro atoms. The molecule has 1 atom stereocenters. The van der Waals surface area contributed by atoms with Crippen molar-refractivity contribution in [3.8, 4) is 0 Å². The third-order valence-corrected chi connectivity index (χ3v) is 4.13. The summed E-state index contributed by atoms with van der Waals surface area (Å²) in [5, 5.41) is 3.35. The maximum atomic E-state index is 12.0. The van der Waals surface area contributed by atoms with Gasteiger partial charge in [-0.1, -0.05) is 6.42 Å². The minimum atomic E-state index is -0.286. The first kappa shape index (κ1) is 15.0. The Kier molecular flexibility index (Phi) is 4.77. The fraction of sp³-hybridized carbons (Fsp3) is 0.714. The van der Waals surface area contributed by atoms with Crippen molar-refractivity contribution in [1.82, 2.24) is 19.4 Å². The van der Waals surface area contributed by atoms with Crippen molar-refractivity contribution in [2.75, 3.05) is 20.1 Å².